The van der Waals surface area contributed by atoms with E-state index in [4.69, 9.17) is 4.74 Å². The van der Waals surface area contributed by atoms with E-state index in [2.05, 4.69) is 10.3 Å². The number of aryl methyl sites for hydroxylation is 1. The first kappa shape index (κ1) is 14.3. The topological polar surface area (TPSA) is 54.4 Å². The summed E-state index contributed by atoms with van der Waals surface area (Å²) in [4.78, 5) is 4.49. The first-order chi connectivity index (χ1) is 9.17. The summed E-state index contributed by atoms with van der Waals surface area (Å²) in [5, 5.41) is 12.9. The first-order valence-corrected chi connectivity index (χ1v) is 7.00. The van der Waals surface area contributed by atoms with E-state index in [0.717, 1.165) is 42.0 Å². The molecule has 0 bridgehead atoms. The van der Waals surface area contributed by atoms with Crippen LogP contribution in [0, 0.1) is 19.8 Å². The molecule has 0 aliphatic heterocycles. The molecule has 0 aromatic carbocycles. The standard InChI is InChI=1S/C15H24N2O2/c1-10-7-16-14(11(2)15(10)19-3)8-17-13-6-4-5-12(13)9-18/h7,12-13,17-18H,4-6,8-9H2,1-3H3. The number of aliphatic hydroxyl groups is 1. The van der Waals surface area contributed by atoms with E-state index in [-0.39, 0.29) is 6.61 Å². The highest BCUT2D eigenvalue weighted by molar-refractivity contribution is 5.41. The molecular formula is C15H24N2O2. The molecule has 2 atom stereocenters. The van der Waals surface area contributed by atoms with Crippen LogP contribution in [0.5, 0.6) is 5.75 Å². The zero-order valence-corrected chi connectivity index (χ0v) is 12.1. The Morgan fingerprint density at radius 2 is 2.21 bits per heavy atom. The van der Waals surface area contributed by atoms with Gasteiger partial charge in [0.2, 0.25) is 0 Å². The van der Waals surface area contributed by atoms with Crippen molar-refractivity contribution in [1.82, 2.24) is 10.3 Å². The minimum atomic E-state index is 0.279. The van der Waals surface area contributed by atoms with E-state index in [0.29, 0.717) is 12.0 Å². The number of ether oxygens (including phenoxy) is 1. The Bertz CT molecular complexity index is 434. The van der Waals surface area contributed by atoms with Gasteiger partial charge in [0.1, 0.15) is 5.75 Å². The number of aromatic nitrogens is 1. The molecule has 4 nitrogen and oxygen atoms in total. The normalized spacial score (nSPS) is 22.7. The van der Waals surface area contributed by atoms with Crippen molar-refractivity contribution in [1.29, 1.82) is 0 Å². The summed E-state index contributed by atoms with van der Waals surface area (Å²) in [6, 6.07) is 0.415. The van der Waals surface area contributed by atoms with Crippen LogP contribution in [0.3, 0.4) is 0 Å². The Balaban J connectivity index is 2.03. The third kappa shape index (κ3) is 3.07. The molecule has 2 unspecified atom stereocenters. The van der Waals surface area contributed by atoms with Gasteiger partial charge in [-0.05, 0) is 32.6 Å². The number of nitrogens with one attached hydrogen (secondary N) is 1. The van der Waals surface area contributed by atoms with Crippen LogP contribution < -0.4 is 10.1 Å². The molecule has 1 saturated carbocycles. The number of methoxy groups -OCH3 is 1. The lowest BCUT2D eigenvalue weighted by Crippen LogP contribution is -2.34. The van der Waals surface area contributed by atoms with Gasteiger partial charge >= 0.3 is 0 Å². The Kier molecular flexibility index (Phi) is 4.77. The average molecular weight is 264 g/mol. The largest absolute Gasteiger partial charge is 0.496 e. The summed E-state index contributed by atoms with van der Waals surface area (Å²) in [5.41, 5.74) is 3.21. The van der Waals surface area contributed by atoms with Crippen molar-refractivity contribution in [2.45, 2.75) is 45.7 Å². The summed E-state index contributed by atoms with van der Waals surface area (Å²) in [7, 11) is 1.70. The molecule has 0 radical (unpaired) electrons. The van der Waals surface area contributed by atoms with E-state index in [1.165, 1.54) is 6.42 Å². The van der Waals surface area contributed by atoms with E-state index in [9.17, 15) is 5.11 Å². The van der Waals surface area contributed by atoms with E-state index in [1.54, 1.807) is 7.11 Å². The number of nitrogens with zero attached hydrogens (tertiary/aromatic N) is 1. The van der Waals surface area contributed by atoms with Gasteiger partial charge in [-0.2, -0.15) is 0 Å². The lowest BCUT2D eigenvalue weighted by atomic mass is 10.0. The maximum Gasteiger partial charge on any atom is 0.128 e. The molecule has 2 N–H and O–H groups in total. The molecule has 106 valence electrons. The monoisotopic (exact) mass is 264 g/mol. The van der Waals surface area contributed by atoms with Crippen LogP contribution in [0.15, 0.2) is 6.20 Å². The van der Waals surface area contributed by atoms with Crippen LogP contribution in [0.2, 0.25) is 0 Å². The fourth-order valence-electron chi connectivity index (χ4n) is 3.00. The molecule has 2 rings (SSSR count). The molecular weight excluding hydrogens is 240 g/mol. The number of hydrogen-bond donors (Lipinski definition) is 2. The van der Waals surface area contributed by atoms with Crippen molar-refractivity contribution in [3.8, 4) is 5.75 Å². The van der Waals surface area contributed by atoms with E-state index < -0.39 is 0 Å². The van der Waals surface area contributed by atoms with Gasteiger partial charge in [-0.1, -0.05) is 6.42 Å². The summed E-state index contributed by atoms with van der Waals surface area (Å²) in [6.45, 7) is 5.08. The van der Waals surface area contributed by atoms with Gasteiger partial charge in [0.05, 0.1) is 12.8 Å². The fraction of sp³-hybridized carbons (Fsp3) is 0.667. The molecule has 0 amide bonds. The number of rotatable bonds is 5. The molecule has 4 heteroatoms. The molecule has 1 aliphatic carbocycles. The van der Waals surface area contributed by atoms with Gasteiger partial charge in [0, 0.05) is 36.5 Å². The fourth-order valence-corrected chi connectivity index (χ4v) is 3.00. The average Bonchev–Trinajstić information content (AvgIpc) is 2.86. The lowest BCUT2D eigenvalue weighted by Gasteiger charge is -2.20. The zero-order valence-electron chi connectivity index (χ0n) is 12.1. The highest BCUT2D eigenvalue weighted by Gasteiger charge is 2.26. The van der Waals surface area contributed by atoms with Crippen LogP contribution in [-0.2, 0) is 6.54 Å². The molecule has 0 saturated heterocycles. The lowest BCUT2D eigenvalue weighted by molar-refractivity contribution is 0.205. The maximum atomic E-state index is 9.33. The van der Waals surface area contributed by atoms with Crippen molar-refractivity contribution >= 4 is 0 Å². The van der Waals surface area contributed by atoms with Gasteiger partial charge in [0.25, 0.3) is 0 Å². The number of pyridine rings is 1. The quantitative estimate of drug-likeness (QED) is 0.853. The summed E-state index contributed by atoms with van der Waals surface area (Å²) < 4.78 is 5.42. The van der Waals surface area contributed by atoms with Crippen LogP contribution in [0.1, 0.15) is 36.1 Å². The van der Waals surface area contributed by atoms with Gasteiger partial charge < -0.3 is 15.2 Å². The number of hydrogen-bond acceptors (Lipinski definition) is 4. The van der Waals surface area contributed by atoms with Crippen LogP contribution in [-0.4, -0.2) is 29.8 Å². The van der Waals surface area contributed by atoms with Crippen molar-refractivity contribution < 1.29 is 9.84 Å². The van der Waals surface area contributed by atoms with Crippen molar-refractivity contribution in [2.75, 3.05) is 13.7 Å². The smallest absolute Gasteiger partial charge is 0.128 e. The predicted molar refractivity (Wildman–Crippen MR) is 75.3 cm³/mol. The second kappa shape index (κ2) is 6.35. The van der Waals surface area contributed by atoms with E-state index >= 15 is 0 Å². The minimum absolute atomic E-state index is 0.279. The Morgan fingerprint density at radius 1 is 1.42 bits per heavy atom. The summed E-state index contributed by atoms with van der Waals surface area (Å²) in [6.07, 6.45) is 5.33. The van der Waals surface area contributed by atoms with Crippen LogP contribution in [0.4, 0.5) is 0 Å². The van der Waals surface area contributed by atoms with Crippen molar-refractivity contribution in [3.05, 3.63) is 23.0 Å². The Morgan fingerprint density at radius 3 is 2.89 bits per heavy atom. The van der Waals surface area contributed by atoms with E-state index in [1.807, 2.05) is 20.0 Å². The Labute approximate surface area is 115 Å². The molecule has 1 aromatic rings. The maximum absolute atomic E-state index is 9.33. The molecule has 1 aliphatic rings. The molecule has 19 heavy (non-hydrogen) atoms. The summed E-state index contributed by atoms with van der Waals surface area (Å²) in [5.74, 6) is 1.32. The Hall–Kier alpha value is -1.13. The molecule has 1 fully saturated rings. The highest BCUT2D eigenvalue weighted by Crippen LogP contribution is 2.27. The minimum Gasteiger partial charge on any atom is -0.496 e. The van der Waals surface area contributed by atoms with Gasteiger partial charge in [0.15, 0.2) is 0 Å². The number of aliphatic hydroxyl groups excluding tert-OH is 1. The molecule has 1 heterocycles. The molecule has 1 aromatic heterocycles. The second-order valence-electron chi connectivity index (χ2n) is 5.41. The van der Waals surface area contributed by atoms with Crippen molar-refractivity contribution in [3.63, 3.8) is 0 Å². The third-order valence-electron chi connectivity index (χ3n) is 4.18. The SMILES string of the molecule is COc1c(C)cnc(CNC2CCCC2CO)c1C. The third-order valence-corrected chi connectivity index (χ3v) is 4.18. The van der Waals surface area contributed by atoms with Gasteiger partial charge in [-0.15, -0.1) is 0 Å². The van der Waals surface area contributed by atoms with Gasteiger partial charge in [-0.3, -0.25) is 4.98 Å². The van der Waals surface area contributed by atoms with Crippen LogP contribution >= 0.6 is 0 Å². The first-order valence-electron chi connectivity index (χ1n) is 7.00. The summed E-state index contributed by atoms with van der Waals surface area (Å²) >= 11 is 0. The highest BCUT2D eigenvalue weighted by atomic mass is 16.5. The molecule has 0 spiro atoms. The second-order valence-corrected chi connectivity index (χ2v) is 5.41. The zero-order chi connectivity index (χ0) is 13.8. The van der Waals surface area contributed by atoms with Gasteiger partial charge in [-0.25, -0.2) is 0 Å². The van der Waals surface area contributed by atoms with Crippen LogP contribution in [0.25, 0.3) is 0 Å². The predicted octanol–water partition coefficient (Wildman–Crippen LogP) is 1.96. The van der Waals surface area contributed by atoms with Crippen molar-refractivity contribution in [2.24, 2.45) is 5.92 Å².